The SMILES string of the molecule is CC(C)c1cc(C(C)C)c([NH2+]c2c(C(C)C)cccc2C(C)C)c(C(C)C)c1. The Kier molecular flexibility index (Phi) is 7.51. The van der Waals surface area contributed by atoms with Crippen LogP contribution in [0.15, 0.2) is 30.3 Å². The van der Waals surface area contributed by atoms with E-state index in [1.807, 2.05) is 0 Å². The third kappa shape index (κ3) is 4.87. The van der Waals surface area contributed by atoms with Crippen LogP contribution < -0.4 is 5.32 Å². The summed E-state index contributed by atoms with van der Waals surface area (Å²) >= 11 is 0. The van der Waals surface area contributed by atoms with Crippen molar-refractivity contribution >= 4 is 11.4 Å². The van der Waals surface area contributed by atoms with Crippen molar-refractivity contribution in [2.75, 3.05) is 0 Å². The van der Waals surface area contributed by atoms with Crippen LogP contribution in [0.5, 0.6) is 0 Å². The van der Waals surface area contributed by atoms with Crippen molar-refractivity contribution < 1.29 is 5.32 Å². The molecule has 1 nitrogen and oxygen atoms in total. The van der Waals surface area contributed by atoms with Crippen LogP contribution in [-0.4, -0.2) is 0 Å². The van der Waals surface area contributed by atoms with E-state index in [1.165, 1.54) is 39.2 Å². The molecule has 2 N–H and O–H groups in total. The van der Waals surface area contributed by atoms with Gasteiger partial charge in [0, 0.05) is 22.3 Å². The molecule has 0 saturated carbocycles. The maximum atomic E-state index is 2.51. The maximum Gasteiger partial charge on any atom is 0.141 e. The topological polar surface area (TPSA) is 16.6 Å². The summed E-state index contributed by atoms with van der Waals surface area (Å²) in [4.78, 5) is 0. The Morgan fingerprint density at radius 2 is 0.857 bits per heavy atom. The molecular formula is C27H42N+. The van der Waals surface area contributed by atoms with Crippen molar-refractivity contribution in [3.63, 3.8) is 0 Å². The van der Waals surface area contributed by atoms with E-state index in [9.17, 15) is 0 Å². The molecule has 1 heteroatoms. The first-order valence-electron chi connectivity index (χ1n) is 11.2. The molecule has 0 fully saturated rings. The average molecular weight is 381 g/mol. The lowest BCUT2D eigenvalue weighted by Gasteiger charge is -2.23. The molecule has 0 aliphatic rings. The van der Waals surface area contributed by atoms with Crippen LogP contribution in [-0.2, 0) is 0 Å². The molecule has 28 heavy (non-hydrogen) atoms. The van der Waals surface area contributed by atoms with Crippen LogP contribution in [0, 0.1) is 0 Å². The molecule has 0 amide bonds. The molecule has 0 radical (unpaired) electrons. The van der Waals surface area contributed by atoms with Gasteiger partial charge in [0.15, 0.2) is 0 Å². The molecular weight excluding hydrogens is 338 g/mol. The molecule has 0 aromatic heterocycles. The first-order valence-corrected chi connectivity index (χ1v) is 11.2. The molecule has 0 heterocycles. The number of hydrogen-bond donors (Lipinski definition) is 1. The fraction of sp³-hybridized carbons (Fsp3) is 0.556. The summed E-state index contributed by atoms with van der Waals surface area (Å²) in [5, 5.41) is 2.51. The number of rotatable bonds is 7. The fourth-order valence-electron chi connectivity index (χ4n) is 4.10. The molecule has 0 unspecified atom stereocenters. The summed E-state index contributed by atoms with van der Waals surface area (Å²) in [6.07, 6.45) is 0. The van der Waals surface area contributed by atoms with Gasteiger partial charge in [0.1, 0.15) is 11.4 Å². The van der Waals surface area contributed by atoms with Gasteiger partial charge in [-0.3, -0.25) is 5.32 Å². The minimum Gasteiger partial charge on any atom is -0.281 e. The second-order valence-electron chi connectivity index (χ2n) is 9.88. The Balaban J connectivity index is 2.76. The first kappa shape index (κ1) is 22.7. The Hall–Kier alpha value is -1.60. The van der Waals surface area contributed by atoms with E-state index in [-0.39, 0.29) is 0 Å². The highest BCUT2D eigenvalue weighted by Crippen LogP contribution is 2.36. The molecule has 0 atom stereocenters. The summed E-state index contributed by atoms with van der Waals surface area (Å²) < 4.78 is 0. The molecule has 2 aromatic rings. The van der Waals surface area contributed by atoms with E-state index in [2.05, 4.69) is 105 Å². The quantitative estimate of drug-likeness (QED) is 0.471. The van der Waals surface area contributed by atoms with Gasteiger partial charge in [-0.1, -0.05) is 87.4 Å². The van der Waals surface area contributed by atoms with Crippen molar-refractivity contribution in [3.8, 4) is 0 Å². The molecule has 0 bridgehead atoms. The second-order valence-corrected chi connectivity index (χ2v) is 9.88. The van der Waals surface area contributed by atoms with Gasteiger partial charge in [0.25, 0.3) is 0 Å². The first-order chi connectivity index (χ1) is 13.0. The van der Waals surface area contributed by atoms with Crippen LogP contribution in [0.1, 0.15) is 127 Å². The number of para-hydroxylation sites is 1. The van der Waals surface area contributed by atoms with E-state index < -0.39 is 0 Å². The second kappa shape index (κ2) is 9.27. The highest BCUT2D eigenvalue weighted by molar-refractivity contribution is 5.58. The number of benzene rings is 2. The predicted octanol–water partition coefficient (Wildman–Crippen LogP) is 7.83. The van der Waals surface area contributed by atoms with Crippen LogP contribution >= 0.6 is 0 Å². The van der Waals surface area contributed by atoms with Crippen molar-refractivity contribution in [2.24, 2.45) is 0 Å². The summed E-state index contributed by atoms with van der Waals surface area (Å²) in [6, 6.07) is 11.8. The van der Waals surface area contributed by atoms with E-state index in [0.29, 0.717) is 29.6 Å². The molecule has 2 aromatic carbocycles. The monoisotopic (exact) mass is 380 g/mol. The van der Waals surface area contributed by atoms with Crippen LogP contribution in [0.2, 0.25) is 0 Å². The van der Waals surface area contributed by atoms with Gasteiger partial charge in [0.2, 0.25) is 0 Å². The number of hydrogen-bond acceptors (Lipinski definition) is 0. The molecule has 0 spiro atoms. The molecule has 0 saturated heterocycles. The van der Waals surface area contributed by atoms with Gasteiger partial charge in [-0.15, -0.1) is 0 Å². The Morgan fingerprint density at radius 3 is 1.18 bits per heavy atom. The lowest BCUT2D eigenvalue weighted by atomic mass is 9.86. The standard InChI is InChI=1S/C27H41N/c1-16(2)21-14-24(19(7)8)27(25(15-21)20(9)10)28-26-22(17(3)4)12-11-13-23(26)18(5)6/h11-20,28H,1-10H3/p+1. The predicted molar refractivity (Wildman–Crippen MR) is 125 cm³/mol. The highest BCUT2D eigenvalue weighted by atomic mass is 14.9. The van der Waals surface area contributed by atoms with E-state index in [0.717, 1.165) is 0 Å². The zero-order valence-corrected chi connectivity index (χ0v) is 19.9. The maximum absolute atomic E-state index is 2.51. The Bertz CT molecular complexity index is 739. The minimum absolute atomic E-state index is 0.510. The summed E-state index contributed by atoms with van der Waals surface area (Å²) in [6.45, 7) is 23.2. The largest absolute Gasteiger partial charge is 0.281 e. The Labute approximate surface area is 174 Å². The third-order valence-electron chi connectivity index (χ3n) is 5.88. The molecule has 2 rings (SSSR count). The smallest absolute Gasteiger partial charge is 0.141 e. The summed E-state index contributed by atoms with van der Waals surface area (Å²) in [5.74, 6) is 2.61. The fourth-order valence-corrected chi connectivity index (χ4v) is 4.10. The van der Waals surface area contributed by atoms with Crippen molar-refractivity contribution in [2.45, 2.75) is 98.8 Å². The van der Waals surface area contributed by atoms with Crippen LogP contribution in [0.4, 0.5) is 11.4 Å². The molecule has 154 valence electrons. The van der Waals surface area contributed by atoms with Gasteiger partial charge in [0.05, 0.1) is 0 Å². The third-order valence-corrected chi connectivity index (χ3v) is 5.88. The average Bonchev–Trinajstić information content (AvgIpc) is 2.60. The van der Waals surface area contributed by atoms with E-state index >= 15 is 0 Å². The minimum atomic E-state index is 0.510. The van der Waals surface area contributed by atoms with Gasteiger partial charge in [-0.2, -0.15) is 0 Å². The van der Waals surface area contributed by atoms with E-state index in [4.69, 9.17) is 0 Å². The Morgan fingerprint density at radius 1 is 0.500 bits per heavy atom. The number of nitrogens with two attached hydrogens (primary N) is 1. The normalized spacial score (nSPS) is 12.2. The van der Waals surface area contributed by atoms with Crippen molar-refractivity contribution in [1.82, 2.24) is 0 Å². The molecule has 0 aliphatic heterocycles. The van der Waals surface area contributed by atoms with Crippen LogP contribution in [0.3, 0.4) is 0 Å². The number of quaternary nitrogens is 1. The van der Waals surface area contributed by atoms with Crippen molar-refractivity contribution in [3.05, 3.63) is 58.1 Å². The lowest BCUT2D eigenvalue weighted by Crippen LogP contribution is -2.73. The van der Waals surface area contributed by atoms with Gasteiger partial charge in [-0.05, 0) is 47.3 Å². The summed E-state index contributed by atoms with van der Waals surface area (Å²) in [5.41, 5.74) is 10.3. The van der Waals surface area contributed by atoms with Crippen molar-refractivity contribution in [1.29, 1.82) is 0 Å². The molecule has 0 aliphatic carbocycles. The van der Waals surface area contributed by atoms with Gasteiger partial charge >= 0.3 is 0 Å². The zero-order chi connectivity index (χ0) is 21.2. The summed E-state index contributed by atoms with van der Waals surface area (Å²) in [7, 11) is 0. The lowest BCUT2D eigenvalue weighted by molar-refractivity contribution is -0.481. The van der Waals surface area contributed by atoms with Crippen LogP contribution in [0.25, 0.3) is 0 Å². The van der Waals surface area contributed by atoms with E-state index in [1.54, 1.807) is 0 Å². The van der Waals surface area contributed by atoms with Gasteiger partial charge < -0.3 is 0 Å². The highest BCUT2D eigenvalue weighted by Gasteiger charge is 2.24. The zero-order valence-electron chi connectivity index (χ0n) is 19.9. The van der Waals surface area contributed by atoms with Gasteiger partial charge in [-0.25, -0.2) is 0 Å².